The number of aromatic nitrogens is 1. The lowest BCUT2D eigenvalue weighted by Gasteiger charge is -2.28. The standard InChI is InChI=1S/C24H29N3O/c1-18(20-11-12-20)27(16-19-7-3-2-4-8-19)17-24(28)25-14-13-21-15-26-23-10-6-5-9-22(21)23/h2-10,15,18,20,26H,11-14,16-17H2,1H3,(H,25,28). The van der Waals surface area contributed by atoms with E-state index in [-0.39, 0.29) is 5.91 Å². The summed E-state index contributed by atoms with van der Waals surface area (Å²) in [6.07, 6.45) is 5.46. The summed E-state index contributed by atoms with van der Waals surface area (Å²) in [5, 5.41) is 4.36. The summed E-state index contributed by atoms with van der Waals surface area (Å²) in [5.74, 6) is 0.853. The maximum absolute atomic E-state index is 12.6. The van der Waals surface area contributed by atoms with E-state index in [1.807, 2.05) is 18.3 Å². The van der Waals surface area contributed by atoms with Gasteiger partial charge in [0.15, 0.2) is 0 Å². The van der Waals surface area contributed by atoms with Crippen LogP contribution in [-0.4, -0.2) is 34.9 Å². The Balaban J connectivity index is 1.32. The fourth-order valence-electron chi connectivity index (χ4n) is 3.95. The van der Waals surface area contributed by atoms with Gasteiger partial charge in [0, 0.05) is 36.2 Å². The lowest BCUT2D eigenvalue weighted by atomic mass is 10.1. The fraction of sp³-hybridized carbons (Fsp3) is 0.375. The Morgan fingerprint density at radius 1 is 1.14 bits per heavy atom. The van der Waals surface area contributed by atoms with Gasteiger partial charge in [0.1, 0.15) is 0 Å². The summed E-state index contributed by atoms with van der Waals surface area (Å²) in [6.45, 7) is 4.21. The highest BCUT2D eigenvalue weighted by Gasteiger charge is 2.32. The maximum atomic E-state index is 12.6. The molecule has 0 aliphatic heterocycles. The molecule has 2 N–H and O–H groups in total. The van der Waals surface area contributed by atoms with Crippen LogP contribution in [0.1, 0.15) is 30.9 Å². The van der Waals surface area contributed by atoms with Crippen molar-refractivity contribution in [3.8, 4) is 0 Å². The molecule has 1 aliphatic rings. The first-order chi connectivity index (χ1) is 13.7. The zero-order valence-corrected chi connectivity index (χ0v) is 16.5. The van der Waals surface area contributed by atoms with E-state index in [1.54, 1.807) is 0 Å². The molecule has 4 nitrogen and oxygen atoms in total. The molecule has 1 fully saturated rings. The van der Waals surface area contributed by atoms with Crippen LogP contribution in [0.2, 0.25) is 0 Å². The predicted octanol–water partition coefficient (Wildman–Crippen LogP) is 4.13. The van der Waals surface area contributed by atoms with Crippen LogP contribution in [-0.2, 0) is 17.8 Å². The van der Waals surface area contributed by atoms with Crippen molar-refractivity contribution in [1.82, 2.24) is 15.2 Å². The highest BCUT2D eigenvalue weighted by atomic mass is 16.2. The summed E-state index contributed by atoms with van der Waals surface area (Å²) in [5.41, 5.74) is 3.67. The monoisotopic (exact) mass is 375 g/mol. The number of aromatic amines is 1. The number of H-pyrrole nitrogens is 1. The van der Waals surface area contributed by atoms with Gasteiger partial charge in [-0.2, -0.15) is 0 Å². The predicted molar refractivity (Wildman–Crippen MR) is 114 cm³/mol. The molecule has 1 unspecified atom stereocenters. The Hall–Kier alpha value is -2.59. The number of carbonyl (C=O) groups is 1. The lowest BCUT2D eigenvalue weighted by molar-refractivity contribution is -0.123. The van der Waals surface area contributed by atoms with Crippen LogP contribution in [0.5, 0.6) is 0 Å². The third kappa shape index (κ3) is 4.63. The van der Waals surface area contributed by atoms with Crippen LogP contribution in [0.3, 0.4) is 0 Å². The van der Waals surface area contributed by atoms with Gasteiger partial charge in [-0.15, -0.1) is 0 Å². The molecule has 4 rings (SSSR count). The topological polar surface area (TPSA) is 48.1 Å². The molecule has 1 aliphatic carbocycles. The molecular weight excluding hydrogens is 346 g/mol. The van der Waals surface area contributed by atoms with Crippen LogP contribution in [0.15, 0.2) is 60.8 Å². The summed E-state index contributed by atoms with van der Waals surface area (Å²) in [7, 11) is 0. The van der Waals surface area contributed by atoms with Gasteiger partial charge < -0.3 is 10.3 Å². The molecule has 1 aromatic heterocycles. The average molecular weight is 376 g/mol. The normalized spacial score (nSPS) is 15.1. The Morgan fingerprint density at radius 2 is 1.89 bits per heavy atom. The summed E-state index contributed by atoms with van der Waals surface area (Å²) in [6, 6.07) is 19.2. The van der Waals surface area contributed by atoms with E-state index in [9.17, 15) is 4.79 Å². The van der Waals surface area contributed by atoms with Gasteiger partial charge in [-0.05, 0) is 49.3 Å². The van der Waals surface area contributed by atoms with Crippen molar-refractivity contribution < 1.29 is 4.79 Å². The number of fused-ring (bicyclic) bond motifs is 1. The van der Waals surface area contributed by atoms with Crippen molar-refractivity contribution in [3.05, 3.63) is 71.9 Å². The summed E-state index contributed by atoms with van der Waals surface area (Å²) >= 11 is 0. The molecule has 28 heavy (non-hydrogen) atoms. The lowest BCUT2D eigenvalue weighted by Crippen LogP contribution is -2.42. The minimum Gasteiger partial charge on any atom is -0.361 e. The van der Waals surface area contributed by atoms with Gasteiger partial charge >= 0.3 is 0 Å². The van der Waals surface area contributed by atoms with Crippen LogP contribution in [0.4, 0.5) is 0 Å². The van der Waals surface area contributed by atoms with Gasteiger partial charge in [0.05, 0.1) is 6.54 Å². The second-order valence-corrected chi connectivity index (χ2v) is 7.93. The molecule has 4 heteroatoms. The highest BCUT2D eigenvalue weighted by molar-refractivity contribution is 5.83. The number of nitrogens with one attached hydrogen (secondary N) is 2. The molecule has 1 amide bonds. The number of nitrogens with zero attached hydrogens (tertiary/aromatic N) is 1. The summed E-state index contributed by atoms with van der Waals surface area (Å²) < 4.78 is 0. The molecule has 0 radical (unpaired) electrons. The van der Waals surface area contributed by atoms with Crippen molar-refractivity contribution >= 4 is 16.8 Å². The average Bonchev–Trinajstić information content (AvgIpc) is 3.49. The van der Waals surface area contributed by atoms with Gasteiger partial charge in [-0.3, -0.25) is 9.69 Å². The van der Waals surface area contributed by atoms with E-state index in [1.165, 1.54) is 29.4 Å². The minimum absolute atomic E-state index is 0.114. The van der Waals surface area contributed by atoms with Crippen molar-refractivity contribution in [1.29, 1.82) is 0 Å². The maximum Gasteiger partial charge on any atom is 0.234 e. The SMILES string of the molecule is CC(C1CC1)N(CC(=O)NCCc1c[nH]c2ccccc12)Cc1ccccc1. The summed E-state index contributed by atoms with van der Waals surface area (Å²) in [4.78, 5) is 18.2. The van der Waals surface area contributed by atoms with Crippen LogP contribution in [0, 0.1) is 5.92 Å². The van der Waals surface area contributed by atoms with Gasteiger partial charge in [0.2, 0.25) is 5.91 Å². The smallest absolute Gasteiger partial charge is 0.234 e. The van der Waals surface area contributed by atoms with Gasteiger partial charge in [0.25, 0.3) is 0 Å². The second-order valence-electron chi connectivity index (χ2n) is 7.93. The highest BCUT2D eigenvalue weighted by Crippen LogP contribution is 2.35. The first kappa shape index (κ1) is 18.8. The van der Waals surface area contributed by atoms with E-state index in [2.05, 4.69) is 64.6 Å². The van der Waals surface area contributed by atoms with Crippen molar-refractivity contribution in [2.45, 2.75) is 38.8 Å². The number of rotatable bonds is 9. The van der Waals surface area contributed by atoms with E-state index in [0.29, 0.717) is 19.1 Å². The second kappa shape index (κ2) is 8.61. The van der Waals surface area contributed by atoms with Crippen molar-refractivity contribution in [2.24, 2.45) is 5.92 Å². The Bertz CT molecular complexity index is 914. The molecular formula is C24H29N3O. The van der Waals surface area contributed by atoms with Gasteiger partial charge in [-0.25, -0.2) is 0 Å². The minimum atomic E-state index is 0.114. The van der Waals surface area contributed by atoms with Crippen LogP contribution >= 0.6 is 0 Å². The van der Waals surface area contributed by atoms with Crippen LogP contribution in [0.25, 0.3) is 10.9 Å². The Labute approximate surface area is 166 Å². The van der Waals surface area contributed by atoms with E-state index >= 15 is 0 Å². The van der Waals surface area contributed by atoms with Crippen molar-refractivity contribution in [3.63, 3.8) is 0 Å². The fourth-order valence-corrected chi connectivity index (χ4v) is 3.95. The third-order valence-corrected chi connectivity index (χ3v) is 5.85. The van der Waals surface area contributed by atoms with E-state index in [0.717, 1.165) is 24.4 Å². The number of amides is 1. The van der Waals surface area contributed by atoms with Crippen LogP contribution < -0.4 is 5.32 Å². The third-order valence-electron chi connectivity index (χ3n) is 5.85. The first-order valence-corrected chi connectivity index (χ1v) is 10.3. The Kier molecular flexibility index (Phi) is 5.77. The zero-order chi connectivity index (χ0) is 19.3. The zero-order valence-electron chi connectivity index (χ0n) is 16.5. The number of carbonyl (C=O) groups excluding carboxylic acids is 1. The molecule has 0 bridgehead atoms. The van der Waals surface area contributed by atoms with Crippen molar-refractivity contribution in [2.75, 3.05) is 13.1 Å². The molecule has 0 saturated heterocycles. The molecule has 1 heterocycles. The quantitative estimate of drug-likeness (QED) is 0.591. The molecule has 0 spiro atoms. The molecule has 3 aromatic rings. The molecule has 1 atom stereocenters. The number of para-hydroxylation sites is 1. The van der Waals surface area contributed by atoms with E-state index in [4.69, 9.17) is 0 Å². The van der Waals surface area contributed by atoms with Gasteiger partial charge in [-0.1, -0.05) is 48.5 Å². The molecule has 1 saturated carbocycles. The number of hydrogen-bond acceptors (Lipinski definition) is 2. The molecule has 146 valence electrons. The Morgan fingerprint density at radius 3 is 2.68 bits per heavy atom. The first-order valence-electron chi connectivity index (χ1n) is 10.3. The van der Waals surface area contributed by atoms with E-state index < -0.39 is 0 Å². The number of benzene rings is 2. The molecule has 2 aromatic carbocycles. The largest absolute Gasteiger partial charge is 0.361 e. The number of hydrogen-bond donors (Lipinski definition) is 2.